The molecule has 3 N–H and O–H groups in total. The van der Waals surface area contributed by atoms with Crippen molar-refractivity contribution in [2.45, 2.75) is 45.6 Å². The fourth-order valence-corrected chi connectivity index (χ4v) is 2.49. The molecule has 3 heteroatoms. The van der Waals surface area contributed by atoms with Crippen LogP contribution in [-0.4, -0.2) is 18.5 Å². The highest BCUT2D eigenvalue weighted by atomic mass is 16.1. The molecule has 0 bridgehead atoms. The van der Waals surface area contributed by atoms with Crippen LogP contribution in [-0.2, 0) is 0 Å². The Balaban J connectivity index is 2.08. The minimum Gasteiger partial charge on any atom is -0.349 e. The summed E-state index contributed by atoms with van der Waals surface area (Å²) in [6.45, 7) is 4.43. The van der Waals surface area contributed by atoms with E-state index < -0.39 is 0 Å². The monoisotopic (exact) mass is 284 g/mol. The Morgan fingerprint density at radius 1 is 1.43 bits per heavy atom. The standard InChI is InChI=1S/C18H24N2O/c1-3-17(12-14-6-7-14)20-18(21)16-10-13(2)9-15(11-16)5-4-8-19/h9-11,14,17H,3,6-8,12,19H2,1-2H3,(H,20,21). The molecule has 3 nitrogen and oxygen atoms in total. The van der Waals surface area contributed by atoms with Gasteiger partial charge in [-0.1, -0.05) is 31.6 Å². The van der Waals surface area contributed by atoms with Gasteiger partial charge in [-0.05, 0) is 49.4 Å². The van der Waals surface area contributed by atoms with Gasteiger partial charge in [0.1, 0.15) is 0 Å². The molecule has 1 unspecified atom stereocenters. The van der Waals surface area contributed by atoms with Gasteiger partial charge in [-0.15, -0.1) is 0 Å². The lowest BCUT2D eigenvalue weighted by Crippen LogP contribution is -2.34. The molecule has 0 radical (unpaired) electrons. The number of carbonyl (C=O) groups is 1. The van der Waals surface area contributed by atoms with Gasteiger partial charge >= 0.3 is 0 Å². The van der Waals surface area contributed by atoms with Crippen LogP contribution in [0.1, 0.15) is 54.1 Å². The lowest BCUT2D eigenvalue weighted by Gasteiger charge is -2.17. The Labute approximate surface area is 127 Å². The molecule has 1 saturated carbocycles. The molecule has 1 aliphatic carbocycles. The first-order chi connectivity index (χ1) is 10.1. The van der Waals surface area contributed by atoms with Gasteiger partial charge in [0.2, 0.25) is 0 Å². The van der Waals surface area contributed by atoms with E-state index in [9.17, 15) is 4.79 Å². The number of carbonyl (C=O) groups excluding carboxylic acids is 1. The minimum absolute atomic E-state index is 0.00185. The molecule has 112 valence electrons. The summed E-state index contributed by atoms with van der Waals surface area (Å²) in [7, 11) is 0. The van der Waals surface area contributed by atoms with Gasteiger partial charge in [0.05, 0.1) is 6.54 Å². The van der Waals surface area contributed by atoms with Gasteiger partial charge in [-0.2, -0.15) is 0 Å². The van der Waals surface area contributed by atoms with Crippen LogP contribution in [0, 0.1) is 24.7 Å². The summed E-state index contributed by atoms with van der Waals surface area (Å²) < 4.78 is 0. The number of hydrogen-bond acceptors (Lipinski definition) is 2. The normalized spacial score (nSPS) is 15.0. The Kier molecular flexibility index (Phi) is 5.41. The number of nitrogens with one attached hydrogen (secondary N) is 1. The van der Waals surface area contributed by atoms with Crippen molar-refractivity contribution in [3.05, 3.63) is 34.9 Å². The average molecular weight is 284 g/mol. The maximum absolute atomic E-state index is 12.4. The number of amides is 1. The Morgan fingerprint density at radius 3 is 2.81 bits per heavy atom. The Hall–Kier alpha value is -1.79. The van der Waals surface area contributed by atoms with Gasteiger partial charge < -0.3 is 11.1 Å². The molecule has 0 aromatic heterocycles. The summed E-state index contributed by atoms with van der Waals surface area (Å²) in [4.78, 5) is 12.4. The molecule has 1 amide bonds. The van der Waals surface area contributed by atoms with E-state index in [1.807, 2.05) is 25.1 Å². The molecule has 1 aromatic carbocycles. The zero-order chi connectivity index (χ0) is 15.2. The van der Waals surface area contributed by atoms with Crippen LogP contribution in [0.2, 0.25) is 0 Å². The summed E-state index contributed by atoms with van der Waals surface area (Å²) in [5.41, 5.74) is 7.97. The predicted molar refractivity (Wildman–Crippen MR) is 86.0 cm³/mol. The first-order valence-corrected chi connectivity index (χ1v) is 7.74. The van der Waals surface area contributed by atoms with Gasteiger partial charge in [0.25, 0.3) is 5.91 Å². The fourth-order valence-electron chi connectivity index (χ4n) is 2.49. The first-order valence-electron chi connectivity index (χ1n) is 7.74. The molecular formula is C18H24N2O. The maximum Gasteiger partial charge on any atom is 0.251 e. The summed E-state index contributed by atoms with van der Waals surface area (Å²) >= 11 is 0. The number of rotatable bonds is 5. The zero-order valence-corrected chi connectivity index (χ0v) is 12.9. The van der Waals surface area contributed by atoms with Crippen LogP contribution < -0.4 is 11.1 Å². The number of benzene rings is 1. The molecule has 0 saturated heterocycles. The number of aryl methyl sites for hydroxylation is 1. The second-order valence-electron chi connectivity index (χ2n) is 5.85. The van der Waals surface area contributed by atoms with Crippen molar-refractivity contribution in [1.82, 2.24) is 5.32 Å². The SMILES string of the molecule is CCC(CC1CC1)NC(=O)c1cc(C)cc(C#CCN)c1. The van der Waals surface area contributed by atoms with E-state index in [2.05, 4.69) is 24.1 Å². The van der Waals surface area contributed by atoms with Crippen LogP contribution in [0.3, 0.4) is 0 Å². The maximum atomic E-state index is 12.4. The van der Waals surface area contributed by atoms with Gasteiger partial charge in [-0.3, -0.25) is 4.79 Å². The molecule has 0 heterocycles. The molecule has 21 heavy (non-hydrogen) atoms. The Morgan fingerprint density at radius 2 is 2.19 bits per heavy atom. The Bertz CT molecular complexity index is 564. The van der Waals surface area contributed by atoms with Crippen LogP contribution in [0.15, 0.2) is 18.2 Å². The van der Waals surface area contributed by atoms with E-state index in [-0.39, 0.29) is 11.9 Å². The summed E-state index contributed by atoms with van der Waals surface area (Å²) in [6, 6.07) is 6.01. The predicted octanol–water partition coefficient (Wildman–Crippen LogP) is 2.61. The van der Waals surface area contributed by atoms with Gasteiger partial charge in [0.15, 0.2) is 0 Å². The summed E-state index contributed by atoms with van der Waals surface area (Å²) in [5, 5.41) is 3.15. The van der Waals surface area contributed by atoms with Gasteiger partial charge in [-0.25, -0.2) is 0 Å². The van der Waals surface area contributed by atoms with Gasteiger partial charge in [0, 0.05) is 17.2 Å². The molecule has 1 fully saturated rings. The van der Waals surface area contributed by atoms with Crippen LogP contribution in [0.25, 0.3) is 0 Å². The number of nitrogens with two attached hydrogens (primary N) is 1. The van der Waals surface area contributed by atoms with Crippen LogP contribution in [0.5, 0.6) is 0 Å². The second-order valence-corrected chi connectivity index (χ2v) is 5.85. The molecule has 1 atom stereocenters. The molecule has 1 aromatic rings. The average Bonchev–Trinajstić information content (AvgIpc) is 3.27. The van der Waals surface area contributed by atoms with E-state index in [4.69, 9.17) is 5.73 Å². The van der Waals surface area contributed by atoms with Crippen molar-refractivity contribution < 1.29 is 4.79 Å². The third kappa shape index (κ3) is 4.91. The number of hydrogen-bond donors (Lipinski definition) is 2. The second kappa shape index (κ2) is 7.28. The topological polar surface area (TPSA) is 55.1 Å². The van der Waals surface area contributed by atoms with E-state index in [0.717, 1.165) is 29.9 Å². The molecule has 2 rings (SSSR count). The van der Waals surface area contributed by atoms with Crippen molar-refractivity contribution in [3.8, 4) is 11.8 Å². The van der Waals surface area contributed by atoms with Crippen molar-refractivity contribution in [2.24, 2.45) is 11.7 Å². The van der Waals surface area contributed by atoms with E-state index in [0.29, 0.717) is 12.1 Å². The molecule has 1 aliphatic rings. The highest BCUT2D eigenvalue weighted by Crippen LogP contribution is 2.34. The van der Waals surface area contributed by atoms with E-state index in [1.54, 1.807) is 0 Å². The molecular weight excluding hydrogens is 260 g/mol. The van der Waals surface area contributed by atoms with E-state index in [1.165, 1.54) is 12.8 Å². The molecule has 0 aliphatic heterocycles. The lowest BCUT2D eigenvalue weighted by atomic mass is 10.0. The highest BCUT2D eigenvalue weighted by Gasteiger charge is 2.25. The lowest BCUT2D eigenvalue weighted by molar-refractivity contribution is 0.0932. The zero-order valence-electron chi connectivity index (χ0n) is 12.9. The summed E-state index contributed by atoms with van der Waals surface area (Å²) in [6.07, 6.45) is 4.72. The highest BCUT2D eigenvalue weighted by molar-refractivity contribution is 5.95. The third-order valence-electron chi connectivity index (χ3n) is 3.82. The van der Waals surface area contributed by atoms with Crippen molar-refractivity contribution in [2.75, 3.05) is 6.54 Å². The summed E-state index contributed by atoms with van der Waals surface area (Å²) in [5.74, 6) is 6.65. The largest absolute Gasteiger partial charge is 0.349 e. The van der Waals surface area contributed by atoms with Crippen LogP contribution in [0.4, 0.5) is 0 Å². The van der Waals surface area contributed by atoms with Crippen molar-refractivity contribution in [3.63, 3.8) is 0 Å². The fraction of sp³-hybridized carbons (Fsp3) is 0.500. The van der Waals surface area contributed by atoms with Crippen LogP contribution >= 0.6 is 0 Å². The van der Waals surface area contributed by atoms with Crippen molar-refractivity contribution in [1.29, 1.82) is 0 Å². The third-order valence-corrected chi connectivity index (χ3v) is 3.82. The first kappa shape index (κ1) is 15.6. The minimum atomic E-state index is 0.00185. The quantitative estimate of drug-likeness (QED) is 0.817. The molecule has 0 spiro atoms. The smallest absolute Gasteiger partial charge is 0.251 e. The van der Waals surface area contributed by atoms with Crippen molar-refractivity contribution >= 4 is 5.91 Å². The van der Waals surface area contributed by atoms with E-state index >= 15 is 0 Å².